The lowest BCUT2D eigenvalue weighted by atomic mass is 10.3. The van der Waals surface area contributed by atoms with Gasteiger partial charge in [-0.25, -0.2) is 0 Å². The quantitative estimate of drug-likeness (QED) is 0.628. The summed E-state index contributed by atoms with van der Waals surface area (Å²) in [5.74, 6) is -0.414. The molecule has 1 saturated heterocycles. The molecule has 0 spiro atoms. The van der Waals surface area contributed by atoms with Gasteiger partial charge in [0.25, 0.3) is 0 Å². The van der Waals surface area contributed by atoms with Crippen LogP contribution in [0.15, 0.2) is 0 Å². The van der Waals surface area contributed by atoms with E-state index in [1.54, 1.807) is 9.80 Å². The number of hydrogen-bond acceptors (Lipinski definition) is 4. The first-order valence-corrected chi connectivity index (χ1v) is 6.20. The molecule has 0 aromatic rings. The third kappa shape index (κ3) is 4.01. The molecule has 18 heavy (non-hydrogen) atoms. The van der Waals surface area contributed by atoms with E-state index >= 15 is 0 Å². The second-order valence-corrected chi connectivity index (χ2v) is 4.22. The van der Waals surface area contributed by atoms with E-state index in [9.17, 15) is 14.4 Å². The second-order valence-electron chi connectivity index (χ2n) is 4.22. The first kappa shape index (κ1) is 14.5. The van der Waals surface area contributed by atoms with E-state index in [4.69, 9.17) is 0 Å². The Hall–Kier alpha value is -1.59. The Morgan fingerprint density at radius 3 is 2.67 bits per heavy atom. The van der Waals surface area contributed by atoms with Crippen molar-refractivity contribution in [3.05, 3.63) is 0 Å². The highest BCUT2D eigenvalue weighted by atomic mass is 16.5. The lowest BCUT2D eigenvalue weighted by molar-refractivity contribution is -0.143. The normalized spacial score (nSPS) is 14.8. The maximum Gasteiger partial charge on any atom is 0.307 e. The maximum atomic E-state index is 12.0. The molecule has 1 aliphatic heterocycles. The summed E-state index contributed by atoms with van der Waals surface area (Å²) in [6, 6.07) is 0. The van der Waals surface area contributed by atoms with Crippen molar-refractivity contribution in [1.82, 2.24) is 9.80 Å². The molecule has 2 amide bonds. The van der Waals surface area contributed by atoms with E-state index < -0.39 is 0 Å². The first-order valence-electron chi connectivity index (χ1n) is 6.20. The van der Waals surface area contributed by atoms with Crippen LogP contribution in [0.3, 0.4) is 0 Å². The molecule has 0 unspecified atom stereocenters. The highest BCUT2D eigenvalue weighted by Gasteiger charge is 2.24. The number of carbonyl (C=O) groups is 3. The molecule has 102 valence electrons. The van der Waals surface area contributed by atoms with Crippen LogP contribution in [0.2, 0.25) is 0 Å². The molecule has 6 heteroatoms. The zero-order chi connectivity index (χ0) is 13.5. The van der Waals surface area contributed by atoms with E-state index in [0.29, 0.717) is 26.1 Å². The summed E-state index contributed by atoms with van der Waals surface area (Å²) in [5.41, 5.74) is 0. The molecule has 0 aromatic carbocycles. The smallest absolute Gasteiger partial charge is 0.307 e. The molecule has 0 N–H and O–H groups in total. The molecular formula is C12H20N2O4. The van der Waals surface area contributed by atoms with E-state index in [2.05, 4.69) is 4.74 Å². The summed E-state index contributed by atoms with van der Waals surface area (Å²) < 4.78 is 4.53. The van der Waals surface area contributed by atoms with Crippen molar-refractivity contribution in [3.63, 3.8) is 0 Å². The van der Waals surface area contributed by atoms with Gasteiger partial charge < -0.3 is 14.5 Å². The summed E-state index contributed by atoms with van der Waals surface area (Å²) >= 11 is 0. The number of rotatable bonds is 6. The van der Waals surface area contributed by atoms with Crippen molar-refractivity contribution in [2.24, 2.45) is 0 Å². The van der Waals surface area contributed by atoms with E-state index in [0.717, 1.165) is 6.42 Å². The van der Waals surface area contributed by atoms with Gasteiger partial charge in [-0.3, -0.25) is 14.4 Å². The number of hydrogen-bond donors (Lipinski definition) is 0. The largest absolute Gasteiger partial charge is 0.469 e. The van der Waals surface area contributed by atoms with Gasteiger partial charge in [-0.2, -0.15) is 0 Å². The minimum absolute atomic E-state index is 0.0346. The molecule has 0 aliphatic carbocycles. The monoisotopic (exact) mass is 256 g/mol. The number of methoxy groups -OCH3 is 1. The lowest BCUT2D eigenvalue weighted by Gasteiger charge is -2.23. The highest BCUT2D eigenvalue weighted by molar-refractivity contribution is 5.86. The fourth-order valence-corrected chi connectivity index (χ4v) is 1.92. The van der Waals surface area contributed by atoms with Gasteiger partial charge in [-0.1, -0.05) is 0 Å². The van der Waals surface area contributed by atoms with Crippen LogP contribution in [0.1, 0.15) is 26.2 Å². The fraction of sp³-hybridized carbons (Fsp3) is 0.750. The third-order valence-electron chi connectivity index (χ3n) is 3.05. The van der Waals surface area contributed by atoms with Crippen LogP contribution in [-0.2, 0) is 19.1 Å². The van der Waals surface area contributed by atoms with Gasteiger partial charge in [0.15, 0.2) is 0 Å². The molecule has 1 aliphatic rings. The summed E-state index contributed by atoms with van der Waals surface area (Å²) in [7, 11) is 1.32. The van der Waals surface area contributed by atoms with Crippen LogP contribution in [0.25, 0.3) is 0 Å². The van der Waals surface area contributed by atoms with Crippen molar-refractivity contribution in [2.45, 2.75) is 26.2 Å². The van der Waals surface area contributed by atoms with Crippen molar-refractivity contribution in [3.8, 4) is 0 Å². The predicted octanol–water partition coefficient (Wildman–Crippen LogP) is 0.0204. The molecule has 1 fully saturated rings. The molecule has 0 saturated carbocycles. The van der Waals surface area contributed by atoms with E-state index in [1.165, 1.54) is 7.11 Å². The maximum absolute atomic E-state index is 12.0. The number of likely N-dealkylation sites (N-methyl/N-ethyl adjacent to an activating group) is 1. The van der Waals surface area contributed by atoms with Gasteiger partial charge >= 0.3 is 5.97 Å². The number of carbonyl (C=O) groups excluding carboxylic acids is 3. The number of likely N-dealkylation sites (tertiary alicyclic amines) is 1. The molecule has 1 heterocycles. The summed E-state index contributed by atoms with van der Waals surface area (Å²) in [6.45, 7) is 3.48. The average Bonchev–Trinajstić information content (AvgIpc) is 2.75. The Balaban J connectivity index is 2.41. The van der Waals surface area contributed by atoms with Crippen LogP contribution < -0.4 is 0 Å². The Labute approximate surface area is 107 Å². The van der Waals surface area contributed by atoms with Crippen LogP contribution in [-0.4, -0.2) is 60.9 Å². The summed E-state index contributed by atoms with van der Waals surface area (Å²) in [5, 5.41) is 0. The second kappa shape index (κ2) is 6.98. The van der Waals surface area contributed by atoms with E-state index in [-0.39, 0.29) is 30.7 Å². The Morgan fingerprint density at radius 1 is 1.44 bits per heavy atom. The minimum atomic E-state index is -0.335. The van der Waals surface area contributed by atoms with Crippen LogP contribution >= 0.6 is 0 Å². The number of ether oxygens (including phenoxy) is 1. The third-order valence-corrected chi connectivity index (χ3v) is 3.05. The Morgan fingerprint density at radius 2 is 2.17 bits per heavy atom. The van der Waals surface area contributed by atoms with Gasteiger partial charge in [-0.15, -0.1) is 0 Å². The Kier molecular flexibility index (Phi) is 5.61. The van der Waals surface area contributed by atoms with Crippen LogP contribution in [0.4, 0.5) is 0 Å². The zero-order valence-electron chi connectivity index (χ0n) is 11.0. The summed E-state index contributed by atoms with van der Waals surface area (Å²) in [4.78, 5) is 37.5. The van der Waals surface area contributed by atoms with Gasteiger partial charge in [0.1, 0.15) is 0 Å². The molecule has 0 bridgehead atoms. The van der Waals surface area contributed by atoms with Gasteiger partial charge in [0, 0.05) is 26.1 Å². The van der Waals surface area contributed by atoms with E-state index in [1.807, 2.05) is 6.92 Å². The number of esters is 1. The number of amides is 2. The lowest BCUT2D eigenvalue weighted by Crippen LogP contribution is -2.41. The van der Waals surface area contributed by atoms with Gasteiger partial charge in [0.05, 0.1) is 20.1 Å². The van der Waals surface area contributed by atoms with Crippen molar-refractivity contribution >= 4 is 17.8 Å². The fourth-order valence-electron chi connectivity index (χ4n) is 1.92. The predicted molar refractivity (Wildman–Crippen MR) is 64.7 cm³/mol. The molecule has 0 atom stereocenters. The van der Waals surface area contributed by atoms with Crippen LogP contribution in [0.5, 0.6) is 0 Å². The van der Waals surface area contributed by atoms with Crippen LogP contribution in [0, 0.1) is 0 Å². The summed E-state index contributed by atoms with van der Waals surface area (Å²) in [6.07, 6.45) is 1.53. The van der Waals surface area contributed by atoms with Gasteiger partial charge in [0.2, 0.25) is 11.8 Å². The average molecular weight is 256 g/mol. The number of nitrogens with zero attached hydrogens (tertiary/aromatic N) is 2. The van der Waals surface area contributed by atoms with Crippen molar-refractivity contribution in [1.29, 1.82) is 0 Å². The first-order chi connectivity index (χ1) is 8.58. The van der Waals surface area contributed by atoms with Crippen molar-refractivity contribution < 1.29 is 19.1 Å². The van der Waals surface area contributed by atoms with Gasteiger partial charge in [-0.05, 0) is 13.3 Å². The highest BCUT2D eigenvalue weighted by Crippen LogP contribution is 2.09. The molecular weight excluding hydrogens is 236 g/mol. The standard InChI is InChI=1S/C12H20N2O4/c1-3-13(8-6-12(17)18-2)11(16)9-14-7-4-5-10(14)15/h3-9H2,1-2H3. The zero-order valence-corrected chi connectivity index (χ0v) is 11.0. The minimum Gasteiger partial charge on any atom is -0.469 e. The molecule has 0 aromatic heterocycles. The van der Waals surface area contributed by atoms with Crippen molar-refractivity contribution in [2.75, 3.05) is 33.3 Å². The Bertz CT molecular complexity index is 330. The topological polar surface area (TPSA) is 66.9 Å². The molecule has 1 rings (SSSR count). The molecule has 0 radical (unpaired) electrons. The SMILES string of the molecule is CCN(CCC(=O)OC)C(=O)CN1CCCC1=O. The molecule has 6 nitrogen and oxygen atoms in total.